The first-order valence-electron chi connectivity index (χ1n) is 6.38. The average Bonchev–Trinajstić information content (AvgIpc) is 2.33. The van der Waals surface area contributed by atoms with Gasteiger partial charge in [-0.2, -0.15) is 0 Å². The Labute approximate surface area is 113 Å². The van der Waals surface area contributed by atoms with Crippen molar-refractivity contribution in [3.05, 3.63) is 29.6 Å². The van der Waals surface area contributed by atoms with Gasteiger partial charge in [0.2, 0.25) is 0 Å². The molecular formula is C14H21FN2O2. The lowest BCUT2D eigenvalue weighted by Gasteiger charge is -2.20. The number of hydrogen-bond donors (Lipinski definition) is 2. The minimum absolute atomic E-state index is 0.301. The standard InChI is InChI=1S/C14H21FN2O2/c1-10(2)17(3)8-4-7-16-11-5-6-12(14(18)19)13(15)9-11/h5-6,9-10,16H,4,7-8H2,1-3H3,(H,18,19). The summed E-state index contributed by atoms with van der Waals surface area (Å²) in [5, 5.41) is 11.8. The van der Waals surface area contributed by atoms with Gasteiger partial charge >= 0.3 is 5.97 Å². The molecule has 1 aromatic carbocycles. The van der Waals surface area contributed by atoms with E-state index >= 15 is 0 Å². The normalized spacial score (nSPS) is 11.1. The van der Waals surface area contributed by atoms with E-state index in [2.05, 4.69) is 31.1 Å². The summed E-state index contributed by atoms with van der Waals surface area (Å²) in [5.74, 6) is -1.96. The fourth-order valence-corrected chi connectivity index (χ4v) is 1.62. The quantitative estimate of drug-likeness (QED) is 0.746. The molecule has 0 spiro atoms. The fourth-order valence-electron chi connectivity index (χ4n) is 1.62. The highest BCUT2D eigenvalue weighted by atomic mass is 19.1. The molecule has 0 aliphatic rings. The van der Waals surface area contributed by atoms with Crippen LogP contribution in [0.15, 0.2) is 18.2 Å². The number of hydrogen-bond acceptors (Lipinski definition) is 3. The molecule has 1 aromatic rings. The zero-order chi connectivity index (χ0) is 14.4. The van der Waals surface area contributed by atoms with E-state index in [1.54, 1.807) is 6.07 Å². The molecule has 106 valence electrons. The van der Waals surface area contributed by atoms with Crippen molar-refractivity contribution in [1.29, 1.82) is 0 Å². The zero-order valence-electron chi connectivity index (χ0n) is 11.6. The summed E-state index contributed by atoms with van der Waals surface area (Å²) in [6, 6.07) is 4.58. The first kappa shape index (κ1) is 15.4. The predicted octanol–water partition coefficient (Wildman–Crippen LogP) is 2.67. The summed E-state index contributed by atoms with van der Waals surface area (Å²) in [6.45, 7) is 5.95. The Bertz CT molecular complexity index is 435. The summed E-state index contributed by atoms with van der Waals surface area (Å²) >= 11 is 0. The van der Waals surface area contributed by atoms with E-state index in [-0.39, 0.29) is 5.56 Å². The number of nitrogens with zero attached hydrogens (tertiary/aromatic N) is 1. The van der Waals surface area contributed by atoms with Crippen LogP contribution in [0, 0.1) is 5.82 Å². The van der Waals surface area contributed by atoms with Gasteiger partial charge in [0.15, 0.2) is 0 Å². The highest BCUT2D eigenvalue weighted by Gasteiger charge is 2.10. The molecule has 0 fully saturated rings. The molecular weight excluding hydrogens is 247 g/mol. The van der Waals surface area contributed by atoms with Gasteiger partial charge in [-0.05, 0) is 52.1 Å². The Morgan fingerprint density at radius 1 is 1.47 bits per heavy atom. The van der Waals surface area contributed by atoms with E-state index in [4.69, 9.17) is 5.11 Å². The third-order valence-electron chi connectivity index (χ3n) is 3.10. The van der Waals surface area contributed by atoms with E-state index in [9.17, 15) is 9.18 Å². The molecule has 2 N–H and O–H groups in total. The second kappa shape index (κ2) is 7.09. The van der Waals surface area contributed by atoms with Crippen molar-refractivity contribution in [2.45, 2.75) is 26.3 Å². The summed E-state index contributed by atoms with van der Waals surface area (Å²) < 4.78 is 13.4. The maximum Gasteiger partial charge on any atom is 0.338 e. The van der Waals surface area contributed by atoms with Gasteiger partial charge in [-0.15, -0.1) is 0 Å². The summed E-state index contributed by atoms with van der Waals surface area (Å²) in [4.78, 5) is 12.9. The molecule has 19 heavy (non-hydrogen) atoms. The number of benzene rings is 1. The summed E-state index contributed by atoms with van der Waals surface area (Å²) in [7, 11) is 2.06. The number of anilines is 1. The number of carboxylic acids is 1. The van der Waals surface area contributed by atoms with Gasteiger partial charge in [-0.3, -0.25) is 0 Å². The number of aromatic carboxylic acids is 1. The van der Waals surface area contributed by atoms with Gasteiger partial charge in [0, 0.05) is 18.3 Å². The molecule has 0 atom stereocenters. The van der Waals surface area contributed by atoms with Gasteiger partial charge in [0.05, 0.1) is 5.56 Å². The summed E-state index contributed by atoms with van der Waals surface area (Å²) in [5.41, 5.74) is 0.305. The third-order valence-corrected chi connectivity index (χ3v) is 3.10. The molecule has 0 saturated heterocycles. The van der Waals surface area contributed by atoms with Crippen LogP contribution < -0.4 is 5.32 Å². The molecule has 0 amide bonds. The van der Waals surface area contributed by atoms with Crippen molar-refractivity contribution in [3.8, 4) is 0 Å². The third kappa shape index (κ3) is 4.87. The van der Waals surface area contributed by atoms with Crippen molar-refractivity contribution in [3.63, 3.8) is 0 Å². The molecule has 0 saturated carbocycles. The van der Waals surface area contributed by atoms with E-state index in [0.29, 0.717) is 11.7 Å². The fraction of sp³-hybridized carbons (Fsp3) is 0.500. The van der Waals surface area contributed by atoms with Crippen LogP contribution in [0.2, 0.25) is 0 Å². The minimum atomic E-state index is -1.25. The molecule has 4 nitrogen and oxygen atoms in total. The highest BCUT2D eigenvalue weighted by molar-refractivity contribution is 5.88. The average molecular weight is 268 g/mol. The van der Waals surface area contributed by atoms with Crippen molar-refractivity contribution >= 4 is 11.7 Å². The molecule has 0 unspecified atom stereocenters. The van der Waals surface area contributed by atoms with Gasteiger partial charge in [0.1, 0.15) is 5.82 Å². The van der Waals surface area contributed by atoms with Crippen LogP contribution in [0.1, 0.15) is 30.6 Å². The SMILES string of the molecule is CC(C)N(C)CCCNc1ccc(C(=O)O)c(F)c1. The van der Waals surface area contributed by atoms with E-state index in [1.165, 1.54) is 12.1 Å². The first-order valence-corrected chi connectivity index (χ1v) is 6.38. The van der Waals surface area contributed by atoms with Crippen molar-refractivity contribution in [2.24, 2.45) is 0 Å². The molecule has 1 rings (SSSR count). The molecule has 0 heterocycles. The Morgan fingerprint density at radius 2 is 2.16 bits per heavy atom. The van der Waals surface area contributed by atoms with E-state index < -0.39 is 11.8 Å². The van der Waals surface area contributed by atoms with Crippen LogP contribution in [-0.4, -0.2) is 42.2 Å². The van der Waals surface area contributed by atoms with Crippen LogP contribution in [-0.2, 0) is 0 Å². The first-order chi connectivity index (χ1) is 8.91. The number of halogens is 1. The topological polar surface area (TPSA) is 52.6 Å². The van der Waals surface area contributed by atoms with Crippen LogP contribution >= 0.6 is 0 Å². The Kier molecular flexibility index (Phi) is 5.76. The van der Waals surface area contributed by atoms with Crippen LogP contribution in [0.5, 0.6) is 0 Å². The molecule has 0 aliphatic carbocycles. The molecule has 5 heteroatoms. The van der Waals surface area contributed by atoms with Crippen molar-refractivity contribution in [1.82, 2.24) is 4.90 Å². The second-order valence-electron chi connectivity index (χ2n) is 4.85. The maximum absolute atomic E-state index is 13.4. The lowest BCUT2D eigenvalue weighted by Crippen LogP contribution is -2.28. The Hall–Kier alpha value is -1.62. The van der Waals surface area contributed by atoms with E-state index in [0.717, 1.165) is 19.5 Å². The molecule has 0 aromatic heterocycles. The zero-order valence-corrected chi connectivity index (χ0v) is 11.6. The Balaban J connectivity index is 2.42. The number of carboxylic acid groups (broad SMARTS) is 1. The minimum Gasteiger partial charge on any atom is -0.478 e. The molecule has 0 bridgehead atoms. The van der Waals surface area contributed by atoms with Crippen molar-refractivity contribution in [2.75, 3.05) is 25.5 Å². The number of nitrogens with one attached hydrogen (secondary N) is 1. The van der Waals surface area contributed by atoms with Gasteiger partial charge in [0.25, 0.3) is 0 Å². The lowest BCUT2D eigenvalue weighted by atomic mass is 10.2. The molecule has 0 aliphatic heterocycles. The molecule has 0 radical (unpaired) electrons. The maximum atomic E-state index is 13.4. The van der Waals surface area contributed by atoms with Gasteiger partial charge in [-0.25, -0.2) is 9.18 Å². The predicted molar refractivity (Wildman–Crippen MR) is 74.2 cm³/mol. The monoisotopic (exact) mass is 268 g/mol. The number of carbonyl (C=O) groups is 1. The van der Waals surface area contributed by atoms with E-state index in [1.807, 2.05) is 0 Å². The Morgan fingerprint density at radius 3 is 2.68 bits per heavy atom. The van der Waals surface area contributed by atoms with Crippen LogP contribution in [0.3, 0.4) is 0 Å². The number of rotatable bonds is 7. The van der Waals surface area contributed by atoms with Crippen LogP contribution in [0.4, 0.5) is 10.1 Å². The van der Waals surface area contributed by atoms with Gasteiger partial charge in [-0.1, -0.05) is 0 Å². The second-order valence-corrected chi connectivity index (χ2v) is 4.85. The smallest absolute Gasteiger partial charge is 0.338 e. The summed E-state index contributed by atoms with van der Waals surface area (Å²) in [6.07, 6.45) is 0.941. The van der Waals surface area contributed by atoms with Gasteiger partial charge < -0.3 is 15.3 Å². The highest BCUT2D eigenvalue weighted by Crippen LogP contribution is 2.14. The van der Waals surface area contributed by atoms with Crippen molar-refractivity contribution < 1.29 is 14.3 Å². The largest absolute Gasteiger partial charge is 0.478 e. The van der Waals surface area contributed by atoms with Crippen LogP contribution in [0.25, 0.3) is 0 Å². The lowest BCUT2D eigenvalue weighted by molar-refractivity contribution is 0.0692.